The van der Waals surface area contributed by atoms with Gasteiger partial charge in [0, 0.05) is 30.5 Å². The Balaban J connectivity index is 1.62. The number of benzene rings is 1. The summed E-state index contributed by atoms with van der Waals surface area (Å²) in [7, 11) is 0. The molecule has 1 aliphatic rings. The van der Waals surface area contributed by atoms with Crippen LogP contribution in [0.3, 0.4) is 0 Å². The highest BCUT2D eigenvalue weighted by Crippen LogP contribution is 2.28. The number of amides is 1. The van der Waals surface area contributed by atoms with Crippen LogP contribution in [0.25, 0.3) is 0 Å². The van der Waals surface area contributed by atoms with Crippen molar-refractivity contribution < 1.29 is 14.3 Å². The highest BCUT2D eigenvalue weighted by Gasteiger charge is 2.32. The van der Waals surface area contributed by atoms with E-state index in [1.54, 1.807) is 36.7 Å². The van der Waals surface area contributed by atoms with Gasteiger partial charge in [0.05, 0.1) is 0 Å². The maximum atomic E-state index is 12.5. The van der Waals surface area contributed by atoms with Gasteiger partial charge >= 0.3 is 0 Å². The van der Waals surface area contributed by atoms with Gasteiger partial charge in [-0.05, 0) is 49.6 Å². The molecule has 1 saturated carbocycles. The van der Waals surface area contributed by atoms with Crippen LogP contribution in [0.15, 0.2) is 48.8 Å². The Hall–Kier alpha value is -2.69. The van der Waals surface area contributed by atoms with Crippen LogP contribution in [-0.2, 0) is 11.3 Å². The molecule has 1 aromatic heterocycles. The predicted molar refractivity (Wildman–Crippen MR) is 89.8 cm³/mol. The molecule has 1 amide bonds. The monoisotopic (exact) mass is 324 g/mol. The Morgan fingerprint density at radius 3 is 2.62 bits per heavy atom. The molecule has 0 atom stereocenters. The molecule has 0 unspecified atom stereocenters. The number of hydrogen-bond acceptors (Lipinski definition) is 4. The van der Waals surface area contributed by atoms with E-state index in [2.05, 4.69) is 4.98 Å². The zero-order valence-electron chi connectivity index (χ0n) is 13.6. The summed E-state index contributed by atoms with van der Waals surface area (Å²) in [5.41, 5.74) is 1.64. The molecule has 1 heterocycles. The molecule has 24 heavy (non-hydrogen) atoms. The van der Waals surface area contributed by atoms with Crippen LogP contribution < -0.4 is 4.74 Å². The van der Waals surface area contributed by atoms with E-state index < -0.39 is 0 Å². The van der Waals surface area contributed by atoms with Gasteiger partial charge in [0.2, 0.25) is 0 Å². The molecule has 0 aliphatic heterocycles. The second-order valence-corrected chi connectivity index (χ2v) is 5.98. The van der Waals surface area contributed by atoms with Gasteiger partial charge in [0.25, 0.3) is 5.91 Å². The fourth-order valence-electron chi connectivity index (χ4n) is 2.52. The van der Waals surface area contributed by atoms with E-state index >= 15 is 0 Å². The lowest BCUT2D eigenvalue weighted by Gasteiger charge is -2.22. The number of ether oxygens (including phenoxy) is 1. The molecule has 1 aromatic carbocycles. The number of aromatic nitrogens is 1. The van der Waals surface area contributed by atoms with Crippen molar-refractivity contribution in [1.82, 2.24) is 9.88 Å². The van der Waals surface area contributed by atoms with Gasteiger partial charge in [0.1, 0.15) is 5.75 Å². The summed E-state index contributed by atoms with van der Waals surface area (Å²) in [6.07, 6.45) is 5.54. The molecule has 2 aromatic rings. The third-order valence-corrected chi connectivity index (χ3v) is 4.01. The molecule has 0 bridgehead atoms. The third-order valence-electron chi connectivity index (χ3n) is 4.01. The van der Waals surface area contributed by atoms with E-state index in [-0.39, 0.29) is 18.3 Å². The van der Waals surface area contributed by atoms with Gasteiger partial charge in [-0.3, -0.25) is 14.6 Å². The van der Waals surface area contributed by atoms with Crippen LogP contribution in [0.5, 0.6) is 5.75 Å². The molecule has 1 fully saturated rings. The topological polar surface area (TPSA) is 59.5 Å². The number of rotatable bonds is 7. The van der Waals surface area contributed by atoms with E-state index in [0.717, 1.165) is 18.4 Å². The van der Waals surface area contributed by atoms with Crippen LogP contribution in [0, 0.1) is 0 Å². The van der Waals surface area contributed by atoms with Gasteiger partial charge in [-0.15, -0.1) is 0 Å². The minimum absolute atomic E-state index is 0.0240. The van der Waals surface area contributed by atoms with E-state index in [4.69, 9.17) is 4.74 Å². The van der Waals surface area contributed by atoms with Crippen LogP contribution >= 0.6 is 0 Å². The maximum absolute atomic E-state index is 12.5. The van der Waals surface area contributed by atoms with Gasteiger partial charge in [-0.2, -0.15) is 0 Å². The molecule has 0 N–H and O–H groups in total. The first-order valence-electron chi connectivity index (χ1n) is 8.05. The second-order valence-electron chi connectivity index (χ2n) is 5.98. The fourth-order valence-corrected chi connectivity index (χ4v) is 2.52. The first kappa shape index (κ1) is 16.2. The van der Waals surface area contributed by atoms with Gasteiger partial charge in [0.15, 0.2) is 12.4 Å². The van der Waals surface area contributed by atoms with Gasteiger partial charge in [-0.25, -0.2) is 0 Å². The average Bonchev–Trinajstić information content (AvgIpc) is 3.43. The van der Waals surface area contributed by atoms with Crippen molar-refractivity contribution in [1.29, 1.82) is 0 Å². The predicted octanol–water partition coefficient (Wildman–Crippen LogP) is 2.85. The molecule has 0 spiro atoms. The summed E-state index contributed by atoms with van der Waals surface area (Å²) >= 11 is 0. The minimum Gasteiger partial charge on any atom is -0.484 e. The normalized spacial score (nSPS) is 13.4. The van der Waals surface area contributed by atoms with Crippen LogP contribution in [0.4, 0.5) is 0 Å². The molecule has 1 aliphatic carbocycles. The fraction of sp³-hybridized carbons (Fsp3) is 0.316. The minimum atomic E-state index is -0.0393. The van der Waals surface area contributed by atoms with E-state index in [1.807, 2.05) is 17.0 Å². The van der Waals surface area contributed by atoms with Gasteiger partial charge in [-0.1, -0.05) is 12.1 Å². The van der Waals surface area contributed by atoms with Crippen molar-refractivity contribution >= 4 is 11.7 Å². The lowest BCUT2D eigenvalue weighted by Crippen LogP contribution is -2.36. The third kappa shape index (κ3) is 4.19. The highest BCUT2D eigenvalue weighted by molar-refractivity contribution is 5.94. The van der Waals surface area contributed by atoms with Crippen molar-refractivity contribution in [3.8, 4) is 5.75 Å². The molecule has 0 radical (unpaired) electrons. The Morgan fingerprint density at radius 2 is 1.96 bits per heavy atom. The van der Waals surface area contributed by atoms with Crippen LogP contribution in [-0.4, -0.2) is 34.2 Å². The molecule has 5 nitrogen and oxygen atoms in total. The quantitative estimate of drug-likeness (QED) is 0.735. The summed E-state index contributed by atoms with van der Waals surface area (Å²) in [6.45, 7) is 2.06. The number of nitrogens with zero attached hydrogens (tertiary/aromatic N) is 2. The summed E-state index contributed by atoms with van der Waals surface area (Å²) in [5.74, 6) is 0.474. The lowest BCUT2D eigenvalue weighted by atomic mass is 10.1. The van der Waals surface area contributed by atoms with Crippen molar-refractivity contribution in [3.63, 3.8) is 0 Å². The Bertz CT molecular complexity index is 726. The first-order valence-corrected chi connectivity index (χ1v) is 8.05. The van der Waals surface area contributed by atoms with Crippen molar-refractivity contribution in [2.45, 2.75) is 32.4 Å². The molecule has 124 valence electrons. The standard InChI is InChI=1S/C19H20N2O3/c1-14(22)16-3-2-4-18(11-16)24-13-19(23)21(17-5-6-17)12-15-7-9-20-10-8-15/h2-4,7-11,17H,5-6,12-13H2,1H3. The van der Waals surface area contributed by atoms with Crippen LogP contribution in [0.2, 0.25) is 0 Å². The lowest BCUT2D eigenvalue weighted by molar-refractivity contribution is -0.134. The highest BCUT2D eigenvalue weighted by atomic mass is 16.5. The molecular weight excluding hydrogens is 304 g/mol. The molecule has 0 saturated heterocycles. The zero-order chi connectivity index (χ0) is 16.9. The van der Waals surface area contributed by atoms with E-state index in [9.17, 15) is 9.59 Å². The molecular formula is C19H20N2O3. The summed E-state index contributed by atoms with van der Waals surface area (Å²) < 4.78 is 5.60. The Kier molecular flexibility index (Phi) is 4.89. The number of Topliss-reactive ketones (excluding diaryl/α,β-unsaturated/α-hetero) is 1. The Morgan fingerprint density at radius 1 is 1.21 bits per heavy atom. The van der Waals surface area contributed by atoms with Crippen molar-refractivity contribution in [2.24, 2.45) is 0 Å². The number of hydrogen-bond donors (Lipinski definition) is 0. The number of ketones is 1. The first-order chi connectivity index (χ1) is 11.6. The van der Waals surface area contributed by atoms with Crippen molar-refractivity contribution in [2.75, 3.05) is 6.61 Å². The Labute approximate surface area is 141 Å². The average molecular weight is 324 g/mol. The second kappa shape index (κ2) is 7.25. The zero-order valence-corrected chi connectivity index (χ0v) is 13.6. The number of carbonyl (C=O) groups excluding carboxylic acids is 2. The SMILES string of the molecule is CC(=O)c1cccc(OCC(=O)N(Cc2ccncc2)C2CC2)c1. The number of carbonyl (C=O) groups is 2. The maximum Gasteiger partial charge on any atom is 0.261 e. The van der Waals surface area contributed by atoms with E-state index in [1.165, 1.54) is 6.92 Å². The van der Waals surface area contributed by atoms with E-state index in [0.29, 0.717) is 23.9 Å². The summed E-state index contributed by atoms with van der Waals surface area (Å²) in [4.78, 5) is 29.8. The van der Waals surface area contributed by atoms with Gasteiger partial charge < -0.3 is 9.64 Å². The summed E-state index contributed by atoms with van der Waals surface area (Å²) in [5, 5.41) is 0. The molecule has 5 heteroatoms. The summed E-state index contributed by atoms with van der Waals surface area (Å²) in [6, 6.07) is 11.0. The van der Waals surface area contributed by atoms with Crippen molar-refractivity contribution in [3.05, 3.63) is 59.9 Å². The largest absolute Gasteiger partial charge is 0.484 e. The smallest absolute Gasteiger partial charge is 0.261 e. The number of pyridine rings is 1. The molecule has 3 rings (SSSR count). The van der Waals surface area contributed by atoms with Crippen LogP contribution in [0.1, 0.15) is 35.7 Å².